The van der Waals surface area contributed by atoms with Crippen molar-refractivity contribution in [3.05, 3.63) is 41.9 Å². The molecule has 2 atom stereocenters. The lowest BCUT2D eigenvalue weighted by Crippen LogP contribution is -2.43. The molecule has 0 radical (unpaired) electrons. The quantitative estimate of drug-likeness (QED) is 0.450. The minimum Gasteiger partial charge on any atom is -0.379 e. The van der Waals surface area contributed by atoms with Crippen molar-refractivity contribution in [2.45, 2.75) is 44.3 Å². The van der Waals surface area contributed by atoms with E-state index in [1.807, 2.05) is 24.3 Å². The predicted molar refractivity (Wildman–Crippen MR) is 122 cm³/mol. The van der Waals surface area contributed by atoms with E-state index in [2.05, 4.69) is 25.8 Å². The fourth-order valence-electron chi connectivity index (χ4n) is 4.26. The second-order valence-corrected chi connectivity index (χ2v) is 8.35. The molecule has 0 bridgehead atoms. The molecular formula is C22H32N8O. The van der Waals surface area contributed by atoms with E-state index in [0.29, 0.717) is 11.5 Å². The molecule has 7 N–H and O–H groups in total. The maximum Gasteiger partial charge on any atom is 0.269 e. The number of hydrogen-bond acceptors (Lipinski definition) is 8. The van der Waals surface area contributed by atoms with Crippen molar-refractivity contribution in [1.82, 2.24) is 20.2 Å². The largest absolute Gasteiger partial charge is 0.379 e. The average Bonchev–Trinajstić information content (AvgIpc) is 2.76. The molecule has 2 aliphatic rings. The molecule has 1 amide bonds. The standard InChI is InChI=1S/C22H32N8O/c23-17-5-1-2-6-18(17)27-16-12-19(21(22(24)31)26-13-16)29-20-7-3-4-15(28-20)14-30-10-8-25-9-11-30/h3-4,7,12-13,17-18,25,27H,1-2,5-6,8-11,14,23H2,(H2,24,31)(H,28,29). The Morgan fingerprint density at radius 3 is 2.81 bits per heavy atom. The lowest BCUT2D eigenvalue weighted by Gasteiger charge is -2.30. The summed E-state index contributed by atoms with van der Waals surface area (Å²) < 4.78 is 0. The molecule has 1 aliphatic carbocycles. The third kappa shape index (κ3) is 5.69. The summed E-state index contributed by atoms with van der Waals surface area (Å²) in [6.45, 7) is 4.80. The van der Waals surface area contributed by atoms with Crippen LogP contribution in [-0.2, 0) is 6.54 Å². The van der Waals surface area contributed by atoms with Gasteiger partial charge in [0.1, 0.15) is 5.82 Å². The number of primary amides is 1. The highest BCUT2D eigenvalue weighted by Gasteiger charge is 2.22. The molecule has 9 heteroatoms. The van der Waals surface area contributed by atoms with Gasteiger partial charge in [0.2, 0.25) is 0 Å². The Hall–Kier alpha value is -2.75. The number of amides is 1. The van der Waals surface area contributed by atoms with E-state index in [-0.39, 0.29) is 17.8 Å². The number of rotatable bonds is 7. The van der Waals surface area contributed by atoms with Crippen molar-refractivity contribution in [3.8, 4) is 0 Å². The Kier molecular flexibility index (Phi) is 6.96. The van der Waals surface area contributed by atoms with Gasteiger partial charge in [0.15, 0.2) is 5.69 Å². The van der Waals surface area contributed by atoms with Gasteiger partial charge in [-0.1, -0.05) is 18.9 Å². The fourth-order valence-corrected chi connectivity index (χ4v) is 4.26. The fraction of sp³-hybridized carbons (Fsp3) is 0.500. The lowest BCUT2D eigenvalue weighted by molar-refractivity contribution is 0.0996. The number of aromatic nitrogens is 2. The molecule has 166 valence electrons. The molecular weight excluding hydrogens is 392 g/mol. The highest BCUT2D eigenvalue weighted by Crippen LogP contribution is 2.25. The van der Waals surface area contributed by atoms with Crippen molar-refractivity contribution >= 4 is 23.1 Å². The minimum atomic E-state index is -0.583. The number of anilines is 3. The third-order valence-corrected chi connectivity index (χ3v) is 5.96. The SMILES string of the molecule is NC(=O)c1ncc(NC2CCCCC2N)cc1Nc1cccc(CN2CCNCC2)n1. The summed E-state index contributed by atoms with van der Waals surface area (Å²) in [5.41, 5.74) is 14.3. The third-order valence-electron chi connectivity index (χ3n) is 5.96. The van der Waals surface area contributed by atoms with Crippen LogP contribution in [0.25, 0.3) is 0 Å². The van der Waals surface area contributed by atoms with Gasteiger partial charge in [-0.3, -0.25) is 9.69 Å². The number of hydrogen-bond donors (Lipinski definition) is 5. The van der Waals surface area contributed by atoms with E-state index >= 15 is 0 Å². The normalized spacial score (nSPS) is 22.1. The lowest BCUT2D eigenvalue weighted by atomic mass is 9.91. The van der Waals surface area contributed by atoms with Crippen LogP contribution in [0.5, 0.6) is 0 Å². The van der Waals surface area contributed by atoms with Gasteiger partial charge in [0.25, 0.3) is 5.91 Å². The van der Waals surface area contributed by atoms with Crippen LogP contribution in [0.3, 0.4) is 0 Å². The van der Waals surface area contributed by atoms with Crippen LogP contribution in [-0.4, -0.2) is 59.0 Å². The Bertz CT molecular complexity index is 899. The van der Waals surface area contributed by atoms with Crippen molar-refractivity contribution in [2.75, 3.05) is 36.8 Å². The average molecular weight is 425 g/mol. The van der Waals surface area contributed by atoms with Crippen LogP contribution in [0.4, 0.5) is 17.2 Å². The maximum atomic E-state index is 11.9. The first-order valence-electron chi connectivity index (χ1n) is 11.1. The Morgan fingerprint density at radius 2 is 2.03 bits per heavy atom. The number of carbonyl (C=O) groups is 1. The number of nitrogens with two attached hydrogens (primary N) is 2. The predicted octanol–water partition coefficient (Wildman–Crippen LogP) is 1.41. The van der Waals surface area contributed by atoms with Gasteiger partial charge in [0, 0.05) is 44.8 Å². The first-order valence-corrected chi connectivity index (χ1v) is 11.1. The van der Waals surface area contributed by atoms with E-state index in [4.69, 9.17) is 16.5 Å². The Balaban J connectivity index is 1.50. The summed E-state index contributed by atoms with van der Waals surface area (Å²) in [5.74, 6) is 0.0730. The molecule has 2 fully saturated rings. The first-order chi connectivity index (χ1) is 15.1. The molecule has 3 heterocycles. The molecule has 1 saturated heterocycles. The molecule has 31 heavy (non-hydrogen) atoms. The first kappa shape index (κ1) is 21.5. The van der Waals surface area contributed by atoms with Gasteiger partial charge < -0.3 is 27.4 Å². The number of carbonyl (C=O) groups excluding carboxylic acids is 1. The zero-order valence-corrected chi connectivity index (χ0v) is 17.8. The topological polar surface area (TPSA) is 134 Å². The van der Waals surface area contributed by atoms with E-state index in [1.54, 1.807) is 6.20 Å². The molecule has 1 saturated carbocycles. The monoisotopic (exact) mass is 424 g/mol. The van der Waals surface area contributed by atoms with E-state index in [1.165, 1.54) is 6.42 Å². The van der Waals surface area contributed by atoms with E-state index in [0.717, 1.165) is 63.4 Å². The minimum absolute atomic E-state index is 0.115. The molecule has 2 aromatic rings. The second kappa shape index (κ2) is 10.0. The van der Waals surface area contributed by atoms with Crippen LogP contribution in [0.2, 0.25) is 0 Å². The summed E-state index contributed by atoms with van der Waals surface area (Å²) in [6.07, 6.45) is 6.01. The van der Waals surface area contributed by atoms with Crippen LogP contribution in [0.15, 0.2) is 30.5 Å². The van der Waals surface area contributed by atoms with Gasteiger partial charge in [-0.25, -0.2) is 9.97 Å². The number of nitrogens with zero attached hydrogens (tertiary/aromatic N) is 3. The van der Waals surface area contributed by atoms with E-state index in [9.17, 15) is 4.79 Å². The zero-order chi connectivity index (χ0) is 21.6. The maximum absolute atomic E-state index is 11.9. The van der Waals surface area contributed by atoms with Crippen molar-refractivity contribution in [2.24, 2.45) is 11.5 Å². The Labute approximate surface area is 183 Å². The molecule has 0 spiro atoms. The summed E-state index contributed by atoms with van der Waals surface area (Å²) in [6, 6.07) is 8.03. The highest BCUT2D eigenvalue weighted by molar-refractivity contribution is 5.97. The van der Waals surface area contributed by atoms with Crippen LogP contribution in [0, 0.1) is 0 Å². The van der Waals surface area contributed by atoms with Gasteiger partial charge in [0.05, 0.1) is 23.3 Å². The van der Waals surface area contributed by atoms with Crippen LogP contribution in [0.1, 0.15) is 41.9 Å². The molecule has 4 rings (SSSR count). The summed E-state index contributed by atoms with van der Waals surface area (Å²) in [7, 11) is 0. The summed E-state index contributed by atoms with van der Waals surface area (Å²) >= 11 is 0. The highest BCUT2D eigenvalue weighted by atomic mass is 16.1. The van der Waals surface area contributed by atoms with Crippen LogP contribution >= 0.6 is 0 Å². The number of nitrogens with one attached hydrogen (secondary N) is 3. The van der Waals surface area contributed by atoms with Crippen molar-refractivity contribution in [1.29, 1.82) is 0 Å². The summed E-state index contributed by atoms with van der Waals surface area (Å²) in [5, 5.41) is 10.1. The smallest absolute Gasteiger partial charge is 0.269 e. The molecule has 2 aromatic heterocycles. The van der Waals surface area contributed by atoms with Crippen molar-refractivity contribution in [3.63, 3.8) is 0 Å². The summed E-state index contributed by atoms with van der Waals surface area (Å²) in [4.78, 5) is 23.3. The Morgan fingerprint density at radius 1 is 1.23 bits per heavy atom. The molecule has 9 nitrogen and oxygen atoms in total. The van der Waals surface area contributed by atoms with Gasteiger partial charge >= 0.3 is 0 Å². The second-order valence-electron chi connectivity index (χ2n) is 8.35. The van der Waals surface area contributed by atoms with Gasteiger partial charge in [-0.2, -0.15) is 0 Å². The molecule has 1 aliphatic heterocycles. The zero-order valence-electron chi connectivity index (χ0n) is 17.8. The van der Waals surface area contributed by atoms with Gasteiger partial charge in [-0.15, -0.1) is 0 Å². The van der Waals surface area contributed by atoms with Crippen LogP contribution < -0.4 is 27.4 Å². The number of pyridine rings is 2. The number of piperazine rings is 1. The molecule has 2 unspecified atom stereocenters. The molecule has 0 aromatic carbocycles. The van der Waals surface area contributed by atoms with Crippen molar-refractivity contribution < 1.29 is 4.79 Å². The van der Waals surface area contributed by atoms with E-state index < -0.39 is 5.91 Å². The van der Waals surface area contributed by atoms with Gasteiger partial charge in [-0.05, 0) is 31.0 Å².